The largest absolute Gasteiger partial charge is 0.496 e. The Morgan fingerprint density at radius 2 is 2.23 bits per heavy atom. The van der Waals surface area contributed by atoms with E-state index in [1.807, 2.05) is 12.1 Å². The van der Waals surface area contributed by atoms with Crippen LogP contribution < -0.4 is 20.3 Å². The van der Waals surface area contributed by atoms with Crippen molar-refractivity contribution in [2.75, 3.05) is 37.0 Å². The highest BCUT2D eigenvalue weighted by Crippen LogP contribution is 2.35. The minimum atomic E-state index is -0.457. The summed E-state index contributed by atoms with van der Waals surface area (Å²) in [5.41, 5.74) is 3.49. The molecule has 0 saturated carbocycles. The van der Waals surface area contributed by atoms with Crippen LogP contribution >= 0.6 is 0 Å². The van der Waals surface area contributed by atoms with Crippen LogP contribution in [-0.4, -0.2) is 61.1 Å². The third-order valence-corrected chi connectivity index (χ3v) is 6.59. The number of aliphatic hydroxyl groups is 1. The Labute approximate surface area is 232 Å². The van der Waals surface area contributed by atoms with Crippen molar-refractivity contribution >= 4 is 23.5 Å². The number of aliphatic imine (C=N–C) groups is 1. The van der Waals surface area contributed by atoms with Gasteiger partial charge >= 0.3 is 0 Å². The fraction of sp³-hybridized carbons (Fsp3) is 0.267. The molecule has 3 N–H and O–H groups in total. The lowest BCUT2D eigenvalue weighted by Gasteiger charge is -2.41. The summed E-state index contributed by atoms with van der Waals surface area (Å²) >= 11 is 0. The number of methoxy groups -OCH3 is 1. The first kappa shape index (κ1) is 28.4. The predicted molar refractivity (Wildman–Crippen MR) is 153 cm³/mol. The number of nitrogens with zero attached hydrogens (tertiary/aromatic N) is 4. The lowest BCUT2D eigenvalue weighted by atomic mass is 10.00. The molecule has 2 aromatic carbocycles. The number of anilines is 2. The summed E-state index contributed by atoms with van der Waals surface area (Å²) in [6, 6.07) is 13.9. The average Bonchev–Trinajstić information content (AvgIpc) is 2.97. The molecule has 1 fully saturated rings. The number of carbonyl (C=O) groups excluding carboxylic acids is 1. The number of ether oxygens (including phenoxy) is 1. The smallest absolute Gasteiger partial charge is 0.228 e. The molecule has 0 spiro atoms. The summed E-state index contributed by atoms with van der Waals surface area (Å²) in [6.45, 7) is 3.18. The number of rotatable bonds is 9. The third kappa shape index (κ3) is 6.69. The number of aromatic nitrogens is 1. The van der Waals surface area contributed by atoms with E-state index < -0.39 is 5.82 Å². The van der Waals surface area contributed by atoms with Crippen molar-refractivity contribution in [1.29, 1.82) is 5.26 Å². The maximum absolute atomic E-state index is 14.1. The standard InChI is InChI=1S/C30H31FN6O3/c1-20-18-37(23(19-38)15-35-20)28-13-21(24-16-34-12-10-22(24)14-32)8-9-27(28)36-30(39)7-4-11-33-17-25-26(31)5-3-6-29(25)40-2/h3-6,8-13,16-17,20,23,35,38H,7,15,18-19H2,1-2H3,(H,36,39)/b11-4-,33-17?/t20-,23-/m0/s1. The number of amides is 1. The van der Waals surface area contributed by atoms with Gasteiger partial charge in [0, 0.05) is 55.9 Å². The van der Waals surface area contributed by atoms with Crippen LogP contribution in [0.4, 0.5) is 15.8 Å². The van der Waals surface area contributed by atoms with E-state index >= 15 is 0 Å². The lowest BCUT2D eigenvalue weighted by Crippen LogP contribution is -2.57. The summed E-state index contributed by atoms with van der Waals surface area (Å²) in [4.78, 5) is 23.2. The molecule has 0 unspecified atom stereocenters. The van der Waals surface area contributed by atoms with Gasteiger partial charge in [-0.2, -0.15) is 5.26 Å². The topological polar surface area (TPSA) is 123 Å². The molecule has 0 aliphatic carbocycles. The Bertz CT molecular complexity index is 1450. The van der Waals surface area contributed by atoms with Gasteiger partial charge in [-0.05, 0) is 42.8 Å². The average molecular weight is 543 g/mol. The quantitative estimate of drug-likeness (QED) is 0.351. The number of hydrogen-bond donors (Lipinski definition) is 3. The maximum atomic E-state index is 14.1. The first-order valence-corrected chi connectivity index (χ1v) is 12.8. The highest BCUT2D eigenvalue weighted by Gasteiger charge is 2.28. The van der Waals surface area contributed by atoms with Crippen molar-refractivity contribution in [2.45, 2.75) is 25.4 Å². The molecule has 40 heavy (non-hydrogen) atoms. The van der Waals surface area contributed by atoms with Gasteiger partial charge in [0.2, 0.25) is 5.91 Å². The van der Waals surface area contributed by atoms with Crippen LogP contribution in [0.15, 0.2) is 72.1 Å². The van der Waals surface area contributed by atoms with E-state index in [4.69, 9.17) is 4.74 Å². The van der Waals surface area contributed by atoms with Crippen LogP contribution in [0, 0.1) is 17.1 Å². The molecule has 9 nitrogen and oxygen atoms in total. The summed E-state index contributed by atoms with van der Waals surface area (Å²) in [5, 5.41) is 26.0. The molecule has 1 aliphatic rings. The number of nitriles is 1. The molecule has 1 amide bonds. The molecule has 2 heterocycles. The van der Waals surface area contributed by atoms with Crippen LogP contribution in [0.1, 0.15) is 24.5 Å². The van der Waals surface area contributed by atoms with Crippen molar-refractivity contribution in [3.05, 3.63) is 84.1 Å². The second kappa shape index (κ2) is 13.5. The number of halogens is 1. The van der Waals surface area contributed by atoms with Gasteiger partial charge in [0.1, 0.15) is 11.6 Å². The Morgan fingerprint density at radius 1 is 1.38 bits per heavy atom. The second-order valence-electron chi connectivity index (χ2n) is 9.33. The Morgan fingerprint density at radius 3 is 3.00 bits per heavy atom. The highest BCUT2D eigenvalue weighted by molar-refractivity contribution is 5.96. The molecule has 4 rings (SSSR count). The zero-order chi connectivity index (χ0) is 28.5. The minimum absolute atomic E-state index is 0.0372. The van der Waals surface area contributed by atoms with Gasteiger partial charge in [0.25, 0.3) is 0 Å². The second-order valence-corrected chi connectivity index (χ2v) is 9.33. The predicted octanol–water partition coefficient (Wildman–Crippen LogP) is 3.89. The van der Waals surface area contributed by atoms with E-state index in [1.54, 1.807) is 42.7 Å². The fourth-order valence-corrected chi connectivity index (χ4v) is 4.54. The van der Waals surface area contributed by atoms with Crippen LogP contribution in [-0.2, 0) is 4.79 Å². The Kier molecular flexibility index (Phi) is 9.57. The maximum Gasteiger partial charge on any atom is 0.228 e. The summed E-state index contributed by atoms with van der Waals surface area (Å²) in [5.74, 6) is -0.365. The van der Waals surface area contributed by atoms with Gasteiger partial charge in [0.05, 0.1) is 48.3 Å². The van der Waals surface area contributed by atoms with Crippen LogP contribution in [0.25, 0.3) is 11.1 Å². The Balaban J connectivity index is 1.56. The van der Waals surface area contributed by atoms with E-state index in [0.29, 0.717) is 35.7 Å². The lowest BCUT2D eigenvalue weighted by molar-refractivity contribution is -0.115. The van der Waals surface area contributed by atoms with Crippen molar-refractivity contribution in [3.8, 4) is 22.9 Å². The molecule has 1 aromatic heterocycles. The zero-order valence-corrected chi connectivity index (χ0v) is 22.3. The van der Waals surface area contributed by atoms with Crippen LogP contribution in [0.5, 0.6) is 5.75 Å². The first-order valence-electron chi connectivity index (χ1n) is 12.8. The zero-order valence-electron chi connectivity index (χ0n) is 22.3. The number of benzene rings is 2. The normalized spacial score (nSPS) is 17.2. The molecule has 1 aliphatic heterocycles. The number of carbonyl (C=O) groups is 1. The number of piperazine rings is 1. The SMILES string of the molecule is COc1cccc(F)c1C=N/C=C\CC(=O)Nc1ccc(-c2cnccc2C#N)cc1N1C[C@H](C)NC[C@H]1CO. The van der Waals surface area contributed by atoms with Crippen LogP contribution in [0.2, 0.25) is 0 Å². The number of hydrogen-bond acceptors (Lipinski definition) is 8. The molecule has 206 valence electrons. The van der Waals surface area contributed by atoms with Gasteiger partial charge < -0.3 is 25.4 Å². The number of nitrogens with one attached hydrogen (secondary N) is 2. The van der Waals surface area contributed by atoms with E-state index in [1.165, 1.54) is 25.6 Å². The first-order chi connectivity index (χ1) is 19.4. The van der Waals surface area contributed by atoms with Gasteiger partial charge in [-0.25, -0.2) is 4.39 Å². The molecule has 0 radical (unpaired) electrons. The Hall–Kier alpha value is -4.59. The van der Waals surface area contributed by atoms with Crippen molar-refractivity contribution in [2.24, 2.45) is 4.99 Å². The van der Waals surface area contributed by atoms with E-state index in [9.17, 15) is 19.6 Å². The molecular formula is C30H31FN6O3. The summed E-state index contributed by atoms with van der Waals surface area (Å²) in [7, 11) is 1.45. The molecule has 1 saturated heterocycles. The summed E-state index contributed by atoms with van der Waals surface area (Å²) in [6.07, 6.45) is 7.60. The van der Waals surface area contributed by atoms with Gasteiger partial charge in [-0.3, -0.25) is 14.8 Å². The molecule has 2 atom stereocenters. The van der Waals surface area contributed by atoms with Crippen molar-refractivity contribution < 1.29 is 19.0 Å². The van der Waals surface area contributed by atoms with E-state index in [-0.39, 0.29) is 36.6 Å². The number of pyridine rings is 1. The molecule has 10 heteroatoms. The van der Waals surface area contributed by atoms with Crippen molar-refractivity contribution in [3.63, 3.8) is 0 Å². The molecule has 3 aromatic rings. The van der Waals surface area contributed by atoms with E-state index in [0.717, 1.165) is 11.3 Å². The number of aliphatic hydroxyl groups excluding tert-OH is 1. The minimum Gasteiger partial charge on any atom is -0.496 e. The third-order valence-electron chi connectivity index (χ3n) is 6.59. The highest BCUT2D eigenvalue weighted by atomic mass is 19.1. The van der Waals surface area contributed by atoms with Crippen molar-refractivity contribution in [1.82, 2.24) is 10.3 Å². The molecular weight excluding hydrogens is 511 g/mol. The fourth-order valence-electron chi connectivity index (χ4n) is 4.54. The van der Waals surface area contributed by atoms with Gasteiger partial charge in [-0.15, -0.1) is 0 Å². The van der Waals surface area contributed by atoms with E-state index in [2.05, 4.69) is 38.5 Å². The van der Waals surface area contributed by atoms with Crippen LogP contribution in [0.3, 0.4) is 0 Å². The van der Waals surface area contributed by atoms with Gasteiger partial charge in [0.15, 0.2) is 0 Å². The molecule has 0 bridgehead atoms. The van der Waals surface area contributed by atoms with Gasteiger partial charge in [-0.1, -0.05) is 18.2 Å². The summed E-state index contributed by atoms with van der Waals surface area (Å²) < 4.78 is 19.2. The monoisotopic (exact) mass is 542 g/mol.